The molecule has 0 aliphatic heterocycles. The number of aromatic nitrogens is 4. The number of nitrogens with one attached hydrogen (secondary N) is 2. The van der Waals surface area contributed by atoms with Gasteiger partial charge >= 0.3 is 6.18 Å². The van der Waals surface area contributed by atoms with Gasteiger partial charge in [0, 0.05) is 6.07 Å². The highest BCUT2D eigenvalue weighted by atomic mass is 19.4. The minimum absolute atomic E-state index is 0.0316. The fraction of sp³-hybridized carbons (Fsp3) is 0.111. The van der Waals surface area contributed by atoms with E-state index in [2.05, 4.69) is 10.1 Å². The van der Waals surface area contributed by atoms with Gasteiger partial charge in [0.15, 0.2) is 12.4 Å². The number of nitrogens with zero attached hydrogens (tertiary/aromatic N) is 3. The maximum Gasteiger partial charge on any atom is 0.451 e. The number of carbonyl (C=O) groups excluding carboxylic acids is 1. The van der Waals surface area contributed by atoms with Gasteiger partial charge in [0.1, 0.15) is 5.56 Å². The normalized spacial score (nSPS) is 11.3. The van der Waals surface area contributed by atoms with Crippen molar-refractivity contribution >= 4 is 11.9 Å². The van der Waals surface area contributed by atoms with Crippen molar-refractivity contribution in [2.45, 2.75) is 6.18 Å². The summed E-state index contributed by atoms with van der Waals surface area (Å²) in [5.74, 6) is -2.65. The fourth-order valence-electron chi connectivity index (χ4n) is 1.21. The van der Waals surface area contributed by atoms with Crippen molar-refractivity contribution in [1.82, 2.24) is 15.2 Å². The van der Waals surface area contributed by atoms with Crippen molar-refractivity contribution < 1.29 is 22.7 Å². The molecule has 1 amide bonds. The minimum atomic E-state index is -4.68. The van der Waals surface area contributed by atoms with Gasteiger partial charge < -0.3 is 5.21 Å². The van der Waals surface area contributed by atoms with E-state index in [1.165, 1.54) is 12.1 Å². The predicted molar refractivity (Wildman–Crippen MR) is 54.7 cm³/mol. The Bertz CT molecular complexity index is 610. The first kappa shape index (κ1) is 12.8. The van der Waals surface area contributed by atoms with E-state index in [1.54, 1.807) is 5.10 Å². The molecule has 0 saturated carbocycles. The van der Waals surface area contributed by atoms with Crippen molar-refractivity contribution in [3.05, 3.63) is 41.1 Å². The van der Waals surface area contributed by atoms with Gasteiger partial charge in [0.25, 0.3) is 5.91 Å². The zero-order valence-corrected chi connectivity index (χ0v) is 9.10. The van der Waals surface area contributed by atoms with E-state index in [1.807, 2.05) is 5.32 Å². The summed E-state index contributed by atoms with van der Waals surface area (Å²) in [5, 5.41) is 17.8. The number of H-pyrrole nitrogens is 1. The summed E-state index contributed by atoms with van der Waals surface area (Å²) in [6.07, 6.45) is -2.56. The second-order valence-corrected chi connectivity index (χ2v) is 3.41. The lowest BCUT2D eigenvalue weighted by atomic mass is 10.3. The zero-order valence-electron chi connectivity index (χ0n) is 9.10. The zero-order chi connectivity index (χ0) is 14.0. The maximum absolute atomic E-state index is 12.2. The highest BCUT2D eigenvalue weighted by Crippen LogP contribution is 2.26. The smallest absolute Gasteiger partial charge is 0.451 e. The van der Waals surface area contributed by atoms with Crippen LogP contribution in [0.15, 0.2) is 24.5 Å². The first-order chi connectivity index (χ1) is 8.86. The number of hydrogen-bond acceptors (Lipinski definition) is 4. The molecule has 0 saturated heterocycles. The Morgan fingerprint density at radius 1 is 1.47 bits per heavy atom. The number of rotatable bonds is 2. The molecule has 0 fully saturated rings. The molecule has 2 aromatic rings. The molecule has 0 aliphatic carbocycles. The lowest BCUT2D eigenvalue weighted by Gasteiger charge is -2.01. The van der Waals surface area contributed by atoms with Crippen molar-refractivity contribution in [2.75, 3.05) is 5.32 Å². The molecule has 2 aromatic heterocycles. The number of pyridine rings is 1. The Hall–Kier alpha value is -2.65. The van der Waals surface area contributed by atoms with Gasteiger partial charge in [-0.05, 0) is 6.07 Å². The summed E-state index contributed by atoms with van der Waals surface area (Å²) < 4.78 is 37.1. The third kappa shape index (κ3) is 2.97. The van der Waals surface area contributed by atoms with Gasteiger partial charge in [-0.15, -0.1) is 5.10 Å². The van der Waals surface area contributed by atoms with Crippen molar-refractivity contribution in [3.63, 3.8) is 0 Å². The summed E-state index contributed by atoms with van der Waals surface area (Å²) in [7, 11) is 0. The number of aromatic amines is 1. The third-order valence-corrected chi connectivity index (χ3v) is 2.02. The summed E-state index contributed by atoms with van der Waals surface area (Å²) >= 11 is 0. The molecule has 0 atom stereocenters. The Morgan fingerprint density at radius 2 is 2.21 bits per heavy atom. The second-order valence-electron chi connectivity index (χ2n) is 3.41. The first-order valence-electron chi connectivity index (χ1n) is 4.86. The van der Waals surface area contributed by atoms with Gasteiger partial charge in [-0.1, -0.05) is 0 Å². The number of halogens is 3. The van der Waals surface area contributed by atoms with E-state index < -0.39 is 23.9 Å². The monoisotopic (exact) mass is 273 g/mol. The van der Waals surface area contributed by atoms with Gasteiger partial charge in [-0.25, -0.2) is 0 Å². The van der Waals surface area contributed by atoms with E-state index >= 15 is 0 Å². The molecule has 0 unspecified atom stereocenters. The average Bonchev–Trinajstić information content (AvgIpc) is 2.77. The second kappa shape index (κ2) is 4.55. The Labute approximate surface area is 103 Å². The highest BCUT2D eigenvalue weighted by Gasteiger charge is 2.35. The Balaban J connectivity index is 2.13. The molecule has 0 spiro atoms. The lowest BCUT2D eigenvalue weighted by molar-refractivity contribution is -0.605. The predicted octanol–water partition coefficient (Wildman–Crippen LogP) is 0.709. The van der Waals surface area contributed by atoms with Gasteiger partial charge in [-0.2, -0.15) is 22.9 Å². The molecule has 0 aliphatic rings. The van der Waals surface area contributed by atoms with Crippen LogP contribution in [0.5, 0.6) is 0 Å². The number of carbonyl (C=O) groups is 1. The molecule has 2 N–H and O–H groups in total. The Morgan fingerprint density at radius 3 is 2.79 bits per heavy atom. The van der Waals surface area contributed by atoms with Crippen molar-refractivity contribution in [2.24, 2.45) is 0 Å². The van der Waals surface area contributed by atoms with E-state index in [0.29, 0.717) is 4.73 Å². The molecule has 19 heavy (non-hydrogen) atoms. The van der Waals surface area contributed by atoms with Crippen molar-refractivity contribution in [1.29, 1.82) is 0 Å². The molecular formula is C9H6F3N5O2. The molecule has 2 rings (SSSR count). The largest absolute Gasteiger partial charge is 0.619 e. The van der Waals surface area contributed by atoms with Crippen LogP contribution in [0.3, 0.4) is 0 Å². The quantitative estimate of drug-likeness (QED) is 0.622. The van der Waals surface area contributed by atoms with Crippen LogP contribution in [0.1, 0.15) is 16.2 Å². The molecule has 0 radical (unpaired) electrons. The van der Waals surface area contributed by atoms with Crippen LogP contribution in [0.4, 0.5) is 19.1 Å². The fourth-order valence-corrected chi connectivity index (χ4v) is 1.21. The molecule has 10 heteroatoms. The first-order valence-corrected chi connectivity index (χ1v) is 4.86. The SMILES string of the molecule is O=C(Nc1n[nH]c(C(F)(F)F)n1)c1ccc[n+]([O-])c1. The number of amides is 1. The summed E-state index contributed by atoms with van der Waals surface area (Å²) in [6, 6.07) is 2.64. The summed E-state index contributed by atoms with van der Waals surface area (Å²) in [4.78, 5) is 14.6. The van der Waals surface area contributed by atoms with E-state index in [9.17, 15) is 23.2 Å². The topological polar surface area (TPSA) is 97.6 Å². The molecule has 100 valence electrons. The average molecular weight is 273 g/mol. The van der Waals surface area contributed by atoms with Crippen LogP contribution >= 0.6 is 0 Å². The van der Waals surface area contributed by atoms with E-state index in [-0.39, 0.29) is 5.56 Å². The summed E-state index contributed by atoms with van der Waals surface area (Å²) in [5.41, 5.74) is -0.0316. The van der Waals surface area contributed by atoms with Crippen LogP contribution in [-0.4, -0.2) is 21.1 Å². The summed E-state index contributed by atoms with van der Waals surface area (Å²) in [6.45, 7) is 0. The maximum atomic E-state index is 12.2. The number of anilines is 1. The minimum Gasteiger partial charge on any atom is -0.619 e. The van der Waals surface area contributed by atoms with Crippen LogP contribution in [0, 0.1) is 5.21 Å². The molecule has 2 heterocycles. The van der Waals surface area contributed by atoms with Gasteiger partial charge in [-0.3, -0.25) is 15.2 Å². The number of hydrogen-bond donors (Lipinski definition) is 2. The van der Waals surface area contributed by atoms with E-state index in [0.717, 1.165) is 12.4 Å². The van der Waals surface area contributed by atoms with Gasteiger partial charge in [0.2, 0.25) is 11.8 Å². The van der Waals surface area contributed by atoms with Crippen LogP contribution in [0.25, 0.3) is 0 Å². The van der Waals surface area contributed by atoms with Crippen LogP contribution in [0.2, 0.25) is 0 Å². The molecular weight excluding hydrogens is 267 g/mol. The highest BCUT2D eigenvalue weighted by molar-refractivity contribution is 6.02. The van der Waals surface area contributed by atoms with Gasteiger partial charge in [0.05, 0.1) is 0 Å². The lowest BCUT2D eigenvalue weighted by Crippen LogP contribution is -2.27. The van der Waals surface area contributed by atoms with Crippen LogP contribution < -0.4 is 10.0 Å². The standard InChI is InChI=1S/C9H6F3N5O2/c10-9(11,12)7-14-8(16-15-7)13-6(18)5-2-1-3-17(19)4-5/h1-4H,(H2,13,14,15,16,18). The molecule has 0 bridgehead atoms. The van der Waals surface area contributed by atoms with Crippen LogP contribution in [-0.2, 0) is 6.18 Å². The number of alkyl halides is 3. The third-order valence-electron chi connectivity index (χ3n) is 2.02. The Kier molecular flexibility index (Phi) is 3.07. The van der Waals surface area contributed by atoms with E-state index in [4.69, 9.17) is 0 Å². The molecule has 7 nitrogen and oxygen atoms in total. The molecule has 0 aromatic carbocycles. The van der Waals surface area contributed by atoms with Crippen molar-refractivity contribution in [3.8, 4) is 0 Å².